The van der Waals surface area contributed by atoms with Crippen molar-refractivity contribution in [1.29, 1.82) is 0 Å². The molecule has 158 valence electrons. The first-order valence-electron chi connectivity index (χ1n) is 11.5. The lowest BCUT2D eigenvalue weighted by atomic mass is 9.43. The average Bonchev–Trinajstić information content (AvgIpc) is 3.05. The van der Waals surface area contributed by atoms with Gasteiger partial charge in [-0.3, -0.25) is 4.79 Å². The molecule has 0 spiro atoms. The first kappa shape index (κ1) is 20.4. The summed E-state index contributed by atoms with van der Waals surface area (Å²) in [7, 11) is 0. The van der Waals surface area contributed by atoms with Crippen LogP contribution in [0.5, 0.6) is 0 Å². The maximum Gasteiger partial charge on any atom is 0.310 e. The van der Waals surface area contributed by atoms with E-state index in [9.17, 15) is 9.90 Å². The molecule has 4 rings (SSSR count). The van der Waals surface area contributed by atoms with Crippen LogP contribution in [-0.4, -0.2) is 29.3 Å². The highest BCUT2D eigenvalue weighted by Crippen LogP contribution is 2.68. The maximum atomic E-state index is 12.3. The number of esters is 1. The van der Waals surface area contributed by atoms with Crippen LogP contribution >= 0.6 is 0 Å². The average molecular weight is 390 g/mol. The summed E-state index contributed by atoms with van der Waals surface area (Å²) >= 11 is 0. The third-order valence-corrected chi connectivity index (χ3v) is 9.60. The molecule has 4 nitrogen and oxygen atoms in total. The molecule has 4 heteroatoms. The second-order valence-electron chi connectivity index (χ2n) is 11.0. The Hall–Kier alpha value is -0.870. The number of carbonyl (C=O) groups excluding carboxylic acids is 1. The number of hydrogen-bond acceptors (Lipinski definition) is 4. The van der Waals surface area contributed by atoms with Gasteiger partial charge in [-0.2, -0.15) is 0 Å². The molecule has 0 aromatic rings. The van der Waals surface area contributed by atoms with Crippen molar-refractivity contribution in [3.05, 3.63) is 12.2 Å². The molecule has 0 aromatic carbocycles. The van der Waals surface area contributed by atoms with Gasteiger partial charge in [0, 0.05) is 18.4 Å². The molecule has 8 atom stereocenters. The smallest absolute Gasteiger partial charge is 0.310 e. The van der Waals surface area contributed by atoms with Gasteiger partial charge in [-0.1, -0.05) is 33.8 Å². The number of aliphatic hydroxyl groups is 1. The first-order valence-corrected chi connectivity index (χ1v) is 11.5. The Labute approximate surface area is 170 Å². The second-order valence-corrected chi connectivity index (χ2v) is 11.0. The minimum absolute atomic E-state index is 0.153. The summed E-state index contributed by atoms with van der Waals surface area (Å²) in [6.45, 7) is 11.3. The van der Waals surface area contributed by atoms with E-state index in [-0.39, 0.29) is 23.4 Å². The van der Waals surface area contributed by atoms with Gasteiger partial charge < -0.3 is 15.6 Å². The summed E-state index contributed by atoms with van der Waals surface area (Å²) in [5, 5.41) is 11.9. The molecular weight excluding hydrogens is 350 g/mol. The van der Waals surface area contributed by atoms with Crippen LogP contribution in [0.2, 0.25) is 0 Å². The summed E-state index contributed by atoms with van der Waals surface area (Å²) in [5.41, 5.74) is 6.03. The minimum atomic E-state index is -0.921. The Morgan fingerprint density at radius 2 is 2.00 bits per heavy atom. The van der Waals surface area contributed by atoms with E-state index in [0.29, 0.717) is 30.2 Å². The van der Waals surface area contributed by atoms with E-state index in [4.69, 9.17) is 10.5 Å². The van der Waals surface area contributed by atoms with Crippen LogP contribution in [-0.2, 0) is 9.53 Å². The van der Waals surface area contributed by atoms with E-state index >= 15 is 0 Å². The van der Waals surface area contributed by atoms with Crippen molar-refractivity contribution >= 4 is 5.97 Å². The summed E-state index contributed by atoms with van der Waals surface area (Å²) in [6, 6.07) is 0. The Morgan fingerprint density at radius 1 is 1.25 bits per heavy atom. The molecule has 0 amide bonds. The standard InChI is InChI=1S/C24H39NO3/c1-15(14-25)21(26)28-17-7-11-23(4)20-8-10-22(3)9-5-6-19(22)18(20)12-16(2)24(23,27)13-17/h15,17-20,27H,2,5-14,25H2,1,3-4H3/t15?,17-,18-,19-,20-,22-,23+,24-/m0/s1. The SMILES string of the molecule is C=C1C[C@H]2[C@@H]3CCC[C@@]3(C)CC[C@@H]2[C@@]2(C)CC[C@H](OC(=O)C(C)CN)C[C@]12O. The number of ether oxygens (including phenoxy) is 1. The molecule has 0 aliphatic heterocycles. The van der Waals surface area contributed by atoms with Crippen molar-refractivity contribution in [3.8, 4) is 0 Å². The highest BCUT2D eigenvalue weighted by atomic mass is 16.5. The van der Waals surface area contributed by atoms with Gasteiger partial charge in [-0.15, -0.1) is 0 Å². The molecule has 4 aliphatic rings. The van der Waals surface area contributed by atoms with Crippen molar-refractivity contribution in [3.63, 3.8) is 0 Å². The van der Waals surface area contributed by atoms with E-state index < -0.39 is 5.60 Å². The van der Waals surface area contributed by atoms with Gasteiger partial charge in [0.05, 0.1) is 11.5 Å². The molecule has 4 saturated carbocycles. The summed E-state index contributed by atoms with van der Waals surface area (Å²) in [5.74, 6) is 1.47. The molecule has 0 saturated heterocycles. The monoisotopic (exact) mass is 389 g/mol. The van der Waals surface area contributed by atoms with Crippen LogP contribution in [0, 0.1) is 34.5 Å². The molecule has 4 aliphatic carbocycles. The second kappa shape index (κ2) is 6.84. The van der Waals surface area contributed by atoms with Gasteiger partial charge in [0.2, 0.25) is 0 Å². The van der Waals surface area contributed by atoms with E-state index in [1.165, 1.54) is 32.1 Å². The Bertz CT molecular complexity index is 662. The Balaban J connectivity index is 1.57. The topological polar surface area (TPSA) is 72.5 Å². The van der Waals surface area contributed by atoms with Crippen LogP contribution in [0.1, 0.15) is 78.6 Å². The molecule has 0 aromatic heterocycles. The third-order valence-electron chi connectivity index (χ3n) is 9.60. The molecular formula is C24H39NO3. The van der Waals surface area contributed by atoms with E-state index in [0.717, 1.165) is 30.8 Å². The lowest BCUT2D eigenvalue weighted by Crippen LogP contribution is -2.63. The van der Waals surface area contributed by atoms with E-state index in [2.05, 4.69) is 20.4 Å². The zero-order valence-electron chi connectivity index (χ0n) is 18.0. The highest BCUT2D eigenvalue weighted by molar-refractivity contribution is 5.72. The number of hydrogen-bond donors (Lipinski definition) is 2. The van der Waals surface area contributed by atoms with Crippen molar-refractivity contribution in [2.75, 3.05) is 6.54 Å². The highest BCUT2D eigenvalue weighted by Gasteiger charge is 2.64. The van der Waals surface area contributed by atoms with Crippen LogP contribution in [0.15, 0.2) is 12.2 Å². The predicted molar refractivity (Wildman–Crippen MR) is 110 cm³/mol. The number of nitrogens with two attached hydrogens (primary N) is 1. The third kappa shape index (κ3) is 2.81. The quantitative estimate of drug-likeness (QED) is 0.560. The summed E-state index contributed by atoms with van der Waals surface area (Å²) in [4.78, 5) is 12.3. The Morgan fingerprint density at radius 3 is 2.71 bits per heavy atom. The van der Waals surface area contributed by atoms with Gasteiger partial charge in [0.1, 0.15) is 6.10 Å². The van der Waals surface area contributed by atoms with Crippen LogP contribution in [0.3, 0.4) is 0 Å². The van der Waals surface area contributed by atoms with Crippen molar-refractivity contribution in [2.45, 2.75) is 90.3 Å². The minimum Gasteiger partial charge on any atom is -0.462 e. The van der Waals surface area contributed by atoms with Gasteiger partial charge >= 0.3 is 5.97 Å². The number of rotatable bonds is 3. The fourth-order valence-corrected chi connectivity index (χ4v) is 7.66. The fraction of sp³-hybridized carbons (Fsp3) is 0.875. The normalized spacial score (nSPS) is 49.0. The molecule has 3 N–H and O–H groups in total. The van der Waals surface area contributed by atoms with Crippen LogP contribution in [0.4, 0.5) is 0 Å². The predicted octanol–water partition coefficient (Wildman–Crippen LogP) is 4.21. The first-order chi connectivity index (χ1) is 13.1. The van der Waals surface area contributed by atoms with E-state index in [1.54, 1.807) is 6.92 Å². The van der Waals surface area contributed by atoms with Crippen LogP contribution < -0.4 is 5.73 Å². The van der Waals surface area contributed by atoms with Gasteiger partial charge in [-0.05, 0) is 73.7 Å². The van der Waals surface area contributed by atoms with Crippen molar-refractivity contribution in [1.82, 2.24) is 0 Å². The van der Waals surface area contributed by atoms with Crippen molar-refractivity contribution in [2.24, 2.45) is 40.2 Å². The van der Waals surface area contributed by atoms with Crippen molar-refractivity contribution < 1.29 is 14.6 Å². The molecule has 0 heterocycles. The number of fused-ring (bicyclic) bond motifs is 5. The maximum absolute atomic E-state index is 12.3. The van der Waals surface area contributed by atoms with Gasteiger partial charge in [-0.25, -0.2) is 0 Å². The van der Waals surface area contributed by atoms with Crippen LogP contribution in [0.25, 0.3) is 0 Å². The molecule has 1 unspecified atom stereocenters. The summed E-state index contributed by atoms with van der Waals surface area (Å²) in [6.07, 6.45) is 9.53. The van der Waals surface area contributed by atoms with E-state index in [1.807, 2.05) is 0 Å². The largest absolute Gasteiger partial charge is 0.462 e. The molecule has 0 bridgehead atoms. The van der Waals surface area contributed by atoms with Gasteiger partial charge in [0.15, 0.2) is 0 Å². The molecule has 28 heavy (non-hydrogen) atoms. The zero-order valence-corrected chi connectivity index (χ0v) is 18.0. The summed E-state index contributed by atoms with van der Waals surface area (Å²) < 4.78 is 5.75. The lowest BCUT2D eigenvalue weighted by Gasteiger charge is -2.64. The zero-order chi connectivity index (χ0) is 20.3. The Kier molecular flexibility index (Phi) is 4.98. The fourth-order valence-electron chi connectivity index (χ4n) is 7.66. The van der Waals surface area contributed by atoms with Gasteiger partial charge in [0.25, 0.3) is 0 Å². The molecule has 4 fully saturated rings. The molecule has 0 radical (unpaired) electrons. The number of carbonyl (C=O) groups is 1. The lowest BCUT2D eigenvalue weighted by molar-refractivity contribution is -0.199.